The zero-order valence-electron chi connectivity index (χ0n) is 27.2. The van der Waals surface area contributed by atoms with Crippen LogP contribution < -0.4 is 4.74 Å². The number of rotatable bonds is 5. The van der Waals surface area contributed by atoms with Crippen LogP contribution in [0.3, 0.4) is 0 Å². The molecule has 3 aromatic heterocycles. The van der Waals surface area contributed by atoms with Gasteiger partial charge >= 0.3 is 20.4 Å². The van der Waals surface area contributed by atoms with Crippen LogP contribution in [-0.2, 0) is 25.8 Å². The molecule has 0 saturated heterocycles. The first-order valence-corrected chi connectivity index (χ1v) is 15.4. The molecule has 4 aromatic carbocycles. The number of aryl methyl sites for hydroxylation is 4. The first kappa shape index (κ1) is 31.5. The Hall–Kier alpha value is -4.50. The van der Waals surface area contributed by atoms with Crippen molar-refractivity contribution in [1.82, 2.24) is 19.3 Å². The third-order valence-corrected chi connectivity index (χ3v) is 8.39. The van der Waals surface area contributed by atoms with Crippen molar-refractivity contribution in [1.29, 1.82) is 0 Å². The Morgan fingerprint density at radius 1 is 0.717 bits per heavy atom. The molecular formula is C40H36N4OPd. The van der Waals surface area contributed by atoms with Crippen LogP contribution in [0.25, 0.3) is 44.4 Å². The number of benzene rings is 4. The number of pyridine rings is 1. The minimum Gasteiger partial charge on any atom is -0.509 e. The van der Waals surface area contributed by atoms with E-state index in [0.29, 0.717) is 11.5 Å². The zero-order valence-corrected chi connectivity index (χ0v) is 28.7. The van der Waals surface area contributed by atoms with Gasteiger partial charge in [0.05, 0.1) is 11.4 Å². The monoisotopic (exact) mass is 694 g/mol. The number of nitrogens with zero attached hydrogens (tertiary/aromatic N) is 4. The number of hydrogen-bond donors (Lipinski definition) is 0. The summed E-state index contributed by atoms with van der Waals surface area (Å²) in [5.41, 5.74) is 10.9. The van der Waals surface area contributed by atoms with Crippen LogP contribution in [0.1, 0.15) is 48.8 Å². The fourth-order valence-electron chi connectivity index (χ4n) is 6.45. The average Bonchev–Trinajstić information content (AvgIpc) is 3.52. The quantitative estimate of drug-likeness (QED) is 0.133. The van der Waals surface area contributed by atoms with Crippen molar-refractivity contribution < 1.29 is 25.2 Å². The molecule has 0 bridgehead atoms. The summed E-state index contributed by atoms with van der Waals surface area (Å²) >= 11 is 0. The van der Waals surface area contributed by atoms with Gasteiger partial charge in [0.15, 0.2) is 0 Å². The molecular weight excluding hydrogens is 659 g/mol. The standard InChI is InChI=1S/C40H36N4O.Pd/c1-25-20-21-41-36(22-25)43-34-17-9-8-16-32(34)33-19-18-31(24-35(33)43)45-30-15-11-14-29(23-30)44-39(40(5,6)7)38(28(4)42-44)37-26(2)12-10-13-27(37)3;/h8-22H,1-7H3;/q-2;+2. The van der Waals surface area contributed by atoms with Crippen molar-refractivity contribution in [3.05, 3.63) is 131 Å². The fraction of sp³-hybridized carbons (Fsp3) is 0.200. The maximum Gasteiger partial charge on any atom is 2.00 e. The number of hydrogen-bond acceptors (Lipinski definition) is 3. The van der Waals surface area contributed by atoms with Crippen molar-refractivity contribution in [2.24, 2.45) is 0 Å². The number of fused-ring (bicyclic) bond motifs is 3. The maximum absolute atomic E-state index is 6.46. The van der Waals surface area contributed by atoms with Gasteiger partial charge in [0.2, 0.25) is 0 Å². The third kappa shape index (κ3) is 5.47. The van der Waals surface area contributed by atoms with E-state index in [1.54, 1.807) is 0 Å². The second-order valence-corrected chi connectivity index (χ2v) is 12.9. The summed E-state index contributed by atoms with van der Waals surface area (Å²) < 4.78 is 10.7. The molecule has 0 atom stereocenters. The van der Waals surface area contributed by atoms with Crippen molar-refractivity contribution in [3.63, 3.8) is 0 Å². The van der Waals surface area contributed by atoms with Crippen LogP contribution in [0.4, 0.5) is 0 Å². The van der Waals surface area contributed by atoms with Crippen LogP contribution in [0.15, 0.2) is 91.1 Å². The van der Waals surface area contributed by atoms with E-state index in [-0.39, 0.29) is 25.8 Å². The Kier molecular flexibility index (Phi) is 8.23. The SMILES string of the molecule is Cc1ccnc(-n2c3[c-]c(Oc4[c-]c(-n5nc(C)c(-c6c(C)cccc6C)c5C(C)(C)C)ccc4)ccc3c3ccccc32)c1.[Pd+2]. The molecule has 7 aromatic rings. The molecule has 6 heteroatoms. The summed E-state index contributed by atoms with van der Waals surface area (Å²) in [7, 11) is 0. The number of aromatic nitrogens is 4. The zero-order chi connectivity index (χ0) is 31.5. The number of para-hydroxylation sites is 1. The molecule has 0 aliphatic rings. The molecule has 0 spiro atoms. The van der Waals surface area contributed by atoms with Gasteiger partial charge in [-0.15, -0.1) is 35.7 Å². The number of ether oxygens (including phenoxy) is 1. The van der Waals surface area contributed by atoms with Crippen LogP contribution in [-0.4, -0.2) is 19.3 Å². The molecule has 7 rings (SSSR count). The van der Waals surface area contributed by atoms with E-state index in [1.165, 1.54) is 22.3 Å². The molecule has 0 saturated carbocycles. The molecule has 5 nitrogen and oxygen atoms in total. The van der Waals surface area contributed by atoms with E-state index >= 15 is 0 Å². The third-order valence-electron chi connectivity index (χ3n) is 8.39. The first-order chi connectivity index (χ1) is 21.6. The summed E-state index contributed by atoms with van der Waals surface area (Å²) in [6.45, 7) is 15.2. The predicted molar refractivity (Wildman–Crippen MR) is 183 cm³/mol. The molecule has 0 aliphatic carbocycles. The Morgan fingerprint density at radius 2 is 1.43 bits per heavy atom. The smallest absolute Gasteiger partial charge is 0.509 e. The molecule has 0 unspecified atom stereocenters. The van der Waals surface area contributed by atoms with Gasteiger partial charge in [0.25, 0.3) is 0 Å². The first-order valence-electron chi connectivity index (χ1n) is 15.4. The van der Waals surface area contributed by atoms with Crippen molar-refractivity contribution in [2.45, 2.75) is 53.9 Å². The molecule has 0 aliphatic heterocycles. The van der Waals surface area contributed by atoms with Crippen LogP contribution in [0.2, 0.25) is 0 Å². The van der Waals surface area contributed by atoms with Crippen molar-refractivity contribution in [3.8, 4) is 34.1 Å². The molecule has 3 heterocycles. The predicted octanol–water partition coefficient (Wildman–Crippen LogP) is 9.95. The largest absolute Gasteiger partial charge is 2.00 e. The van der Waals surface area contributed by atoms with Crippen LogP contribution in [0.5, 0.6) is 11.5 Å². The topological polar surface area (TPSA) is 44.9 Å². The van der Waals surface area contributed by atoms with Gasteiger partial charge in [-0.2, -0.15) is 17.2 Å². The molecule has 0 fully saturated rings. The summed E-state index contributed by atoms with van der Waals surface area (Å²) in [4.78, 5) is 4.70. The second-order valence-electron chi connectivity index (χ2n) is 12.9. The van der Waals surface area contributed by atoms with Gasteiger partial charge in [-0.25, -0.2) is 4.98 Å². The van der Waals surface area contributed by atoms with E-state index in [4.69, 9.17) is 14.8 Å². The fourth-order valence-corrected chi connectivity index (χ4v) is 6.45. The van der Waals surface area contributed by atoms with Gasteiger partial charge in [-0.1, -0.05) is 62.7 Å². The molecule has 0 N–H and O–H groups in total. The van der Waals surface area contributed by atoms with E-state index in [9.17, 15) is 0 Å². The van der Waals surface area contributed by atoms with Crippen LogP contribution in [0, 0.1) is 39.8 Å². The Morgan fingerprint density at radius 3 is 2.17 bits per heavy atom. The van der Waals surface area contributed by atoms with Gasteiger partial charge in [0.1, 0.15) is 5.82 Å². The van der Waals surface area contributed by atoms with E-state index in [2.05, 4.69) is 120 Å². The molecule has 46 heavy (non-hydrogen) atoms. The Bertz CT molecular complexity index is 2210. The summed E-state index contributed by atoms with van der Waals surface area (Å²) in [6, 6.07) is 36.1. The minimum atomic E-state index is -0.175. The van der Waals surface area contributed by atoms with E-state index < -0.39 is 0 Å². The van der Waals surface area contributed by atoms with Gasteiger partial charge in [-0.05, 0) is 79.2 Å². The summed E-state index contributed by atoms with van der Waals surface area (Å²) in [5, 5.41) is 7.33. The summed E-state index contributed by atoms with van der Waals surface area (Å²) in [5.74, 6) is 2.06. The molecule has 232 valence electrons. The molecule has 0 radical (unpaired) electrons. The average molecular weight is 695 g/mol. The Balaban J connectivity index is 0.00000372. The van der Waals surface area contributed by atoms with Crippen molar-refractivity contribution in [2.75, 3.05) is 0 Å². The Labute approximate surface area is 284 Å². The molecule has 0 amide bonds. The second kappa shape index (κ2) is 12.0. The van der Waals surface area contributed by atoms with Gasteiger partial charge in [-0.3, -0.25) is 4.68 Å². The van der Waals surface area contributed by atoms with E-state index in [1.807, 2.05) is 41.2 Å². The summed E-state index contributed by atoms with van der Waals surface area (Å²) in [6.07, 6.45) is 1.85. The van der Waals surface area contributed by atoms with Crippen molar-refractivity contribution >= 4 is 21.8 Å². The van der Waals surface area contributed by atoms with Gasteiger partial charge < -0.3 is 9.30 Å². The minimum absolute atomic E-state index is 0. The van der Waals surface area contributed by atoms with E-state index in [0.717, 1.165) is 50.3 Å². The van der Waals surface area contributed by atoms with Crippen LogP contribution >= 0.6 is 0 Å². The normalized spacial score (nSPS) is 11.6. The van der Waals surface area contributed by atoms with Gasteiger partial charge in [0, 0.05) is 34.2 Å². The maximum atomic E-state index is 6.46.